The van der Waals surface area contributed by atoms with E-state index in [-0.39, 0.29) is 0 Å². The van der Waals surface area contributed by atoms with Crippen molar-refractivity contribution in [3.63, 3.8) is 0 Å². The fourth-order valence-electron chi connectivity index (χ4n) is 4.18. The monoisotopic (exact) mass is 373 g/mol. The van der Waals surface area contributed by atoms with Crippen LogP contribution in [0.1, 0.15) is 26.2 Å². The lowest BCUT2D eigenvalue weighted by molar-refractivity contribution is -0.132. The van der Waals surface area contributed by atoms with Crippen molar-refractivity contribution in [1.29, 1.82) is 0 Å². The van der Waals surface area contributed by atoms with Gasteiger partial charge in [0.2, 0.25) is 5.91 Å². The van der Waals surface area contributed by atoms with Crippen LogP contribution in [0.25, 0.3) is 10.2 Å². The molecule has 26 heavy (non-hydrogen) atoms. The number of piperidine rings is 1. The number of hydrogen-bond acceptors (Lipinski definition) is 6. The lowest BCUT2D eigenvalue weighted by atomic mass is 9.84. The molecule has 1 N–H and O–H groups in total. The zero-order valence-corrected chi connectivity index (χ0v) is 16.2. The maximum Gasteiger partial charge on any atom is 0.222 e. The number of amides is 1. The Balaban J connectivity index is 1.33. The molecule has 0 aliphatic carbocycles. The summed E-state index contributed by atoms with van der Waals surface area (Å²) < 4.78 is 0. The summed E-state index contributed by atoms with van der Waals surface area (Å²) in [6.45, 7) is 7.69. The van der Waals surface area contributed by atoms with E-state index < -0.39 is 0 Å². The van der Waals surface area contributed by atoms with Crippen molar-refractivity contribution in [3.05, 3.63) is 17.8 Å². The van der Waals surface area contributed by atoms with Crippen LogP contribution in [0.15, 0.2) is 17.8 Å². The number of fused-ring (bicyclic) bond motifs is 1. The third kappa shape index (κ3) is 3.69. The molecule has 2 aromatic rings. The Bertz CT molecular complexity index is 749. The number of nitrogens with one attached hydrogen (secondary N) is 1. The maximum atomic E-state index is 12.7. The number of hydrogen-bond donors (Lipinski definition) is 1. The van der Waals surface area contributed by atoms with Crippen LogP contribution >= 0.6 is 11.3 Å². The number of piperazine rings is 1. The molecule has 1 atom stereocenters. The van der Waals surface area contributed by atoms with Crippen molar-refractivity contribution in [2.24, 2.45) is 11.8 Å². The van der Waals surface area contributed by atoms with Crippen molar-refractivity contribution in [2.45, 2.75) is 26.2 Å². The number of carbonyl (C=O) groups is 1. The van der Waals surface area contributed by atoms with E-state index in [0.29, 0.717) is 24.2 Å². The number of aromatic nitrogens is 2. The van der Waals surface area contributed by atoms with E-state index >= 15 is 0 Å². The number of carbonyl (C=O) groups excluding carboxylic acids is 1. The molecule has 2 aliphatic rings. The molecule has 0 bridgehead atoms. The Morgan fingerprint density at radius 3 is 2.81 bits per heavy atom. The lowest BCUT2D eigenvalue weighted by Crippen LogP contribution is -2.49. The number of nitrogens with zero attached hydrogens (tertiary/aromatic N) is 4. The van der Waals surface area contributed by atoms with Crippen molar-refractivity contribution in [3.8, 4) is 0 Å². The van der Waals surface area contributed by atoms with Gasteiger partial charge in [-0.2, -0.15) is 0 Å². The standard InChI is InChI=1S/C19H27N5OS/c1-14(15-2-5-20-6-3-15)12-17(25)23-7-9-24(10-8-23)18-16-4-11-26-19(16)22-13-21-18/h4,11,13-15,20H,2-3,5-10,12H2,1H3. The first-order valence-corrected chi connectivity index (χ1v) is 10.5. The van der Waals surface area contributed by atoms with E-state index in [4.69, 9.17) is 0 Å². The van der Waals surface area contributed by atoms with Gasteiger partial charge in [-0.3, -0.25) is 4.79 Å². The predicted molar refractivity (Wildman–Crippen MR) is 106 cm³/mol. The molecule has 2 aromatic heterocycles. The predicted octanol–water partition coefficient (Wildman–Crippen LogP) is 2.37. The average Bonchev–Trinajstić information content (AvgIpc) is 3.17. The molecule has 4 heterocycles. The van der Waals surface area contributed by atoms with E-state index in [0.717, 1.165) is 55.3 Å². The molecular weight excluding hydrogens is 346 g/mol. The van der Waals surface area contributed by atoms with Gasteiger partial charge in [-0.05, 0) is 49.2 Å². The fourth-order valence-corrected chi connectivity index (χ4v) is 4.91. The normalized spacial score (nSPS) is 20.5. The zero-order chi connectivity index (χ0) is 17.9. The van der Waals surface area contributed by atoms with Gasteiger partial charge in [-0.25, -0.2) is 9.97 Å². The summed E-state index contributed by atoms with van der Waals surface area (Å²) in [5, 5.41) is 6.59. The highest BCUT2D eigenvalue weighted by Gasteiger charge is 2.27. The molecule has 0 saturated carbocycles. The van der Waals surface area contributed by atoms with Crippen LogP contribution in [0.4, 0.5) is 5.82 Å². The second-order valence-electron chi connectivity index (χ2n) is 7.47. The van der Waals surface area contributed by atoms with Crippen LogP contribution in [0.3, 0.4) is 0 Å². The van der Waals surface area contributed by atoms with Crippen LogP contribution < -0.4 is 10.2 Å². The summed E-state index contributed by atoms with van der Waals surface area (Å²) in [7, 11) is 0. The lowest BCUT2D eigenvalue weighted by Gasteiger charge is -2.36. The zero-order valence-electron chi connectivity index (χ0n) is 15.4. The van der Waals surface area contributed by atoms with Crippen molar-refractivity contribution in [2.75, 3.05) is 44.2 Å². The molecule has 1 amide bonds. The minimum absolute atomic E-state index is 0.319. The summed E-state index contributed by atoms with van der Waals surface area (Å²) in [5.41, 5.74) is 0. The van der Waals surface area contributed by atoms with Crippen LogP contribution in [-0.4, -0.2) is 60.0 Å². The number of anilines is 1. The molecule has 7 heteroatoms. The van der Waals surface area contributed by atoms with Gasteiger partial charge in [-0.15, -0.1) is 11.3 Å². The van der Waals surface area contributed by atoms with Gasteiger partial charge in [0.25, 0.3) is 0 Å². The van der Waals surface area contributed by atoms with Crippen LogP contribution in [0.2, 0.25) is 0 Å². The Morgan fingerprint density at radius 2 is 2.04 bits per heavy atom. The largest absolute Gasteiger partial charge is 0.352 e. The Labute approximate surface area is 158 Å². The Hall–Kier alpha value is -1.73. The van der Waals surface area contributed by atoms with Crippen LogP contribution in [0.5, 0.6) is 0 Å². The molecule has 2 saturated heterocycles. The second kappa shape index (κ2) is 7.88. The minimum atomic E-state index is 0.319. The third-order valence-corrected chi connectivity index (χ3v) is 6.68. The van der Waals surface area contributed by atoms with Crippen molar-refractivity contribution < 1.29 is 4.79 Å². The van der Waals surface area contributed by atoms with Gasteiger partial charge in [0.05, 0.1) is 5.39 Å². The number of thiophene rings is 1. The minimum Gasteiger partial charge on any atom is -0.352 e. The van der Waals surface area contributed by atoms with E-state index in [1.165, 1.54) is 12.8 Å². The van der Waals surface area contributed by atoms with E-state index in [1.807, 2.05) is 4.90 Å². The molecular formula is C19H27N5OS. The average molecular weight is 374 g/mol. The Morgan fingerprint density at radius 1 is 1.27 bits per heavy atom. The van der Waals surface area contributed by atoms with Gasteiger partial charge in [-0.1, -0.05) is 6.92 Å². The van der Waals surface area contributed by atoms with Crippen molar-refractivity contribution in [1.82, 2.24) is 20.2 Å². The first-order valence-electron chi connectivity index (χ1n) is 9.64. The van der Waals surface area contributed by atoms with Gasteiger partial charge < -0.3 is 15.1 Å². The molecule has 2 fully saturated rings. The Kier molecular flexibility index (Phi) is 5.36. The van der Waals surface area contributed by atoms with E-state index in [2.05, 4.69) is 38.6 Å². The summed E-state index contributed by atoms with van der Waals surface area (Å²) in [6.07, 6.45) is 4.73. The molecule has 6 nitrogen and oxygen atoms in total. The third-order valence-electron chi connectivity index (χ3n) is 5.86. The molecule has 1 unspecified atom stereocenters. The highest BCUT2D eigenvalue weighted by molar-refractivity contribution is 7.16. The summed E-state index contributed by atoms with van der Waals surface area (Å²) in [4.78, 5) is 26.9. The molecule has 2 aliphatic heterocycles. The summed E-state index contributed by atoms with van der Waals surface area (Å²) in [5.74, 6) is 2.50. The molecule has 0 radical (unpaired) electrons. The highest BCUT2D eigenvalue weighted by atomic mass is 32.1. The van der Waals surface area contributed by atoms with Crippen LogP contribution in [-0.2, 0) is 4.79 Å². The second-order valence-corrected chi connectivity index (χ2v) is 8.37. The van der Waals surface area contributed by atoms with Gasteiger partial charge in [0, 0.05) is 32.6 Å². The van der Waals surface area contributed by atoms with Gasteiger partial charge in [0.15, 0.2) is 0 Å². The quantitative estimate of drug-likeness (QED) is 0.891. The van der Waals surface area contributed by atoms with Crippen LogP contribution in [0, 0.1) is 11.8 Å². The fraction of sp³-hybridized carbons (Fsp3) is 0.632. The SMILES string of the molecule is CC(CC(=O)N1CCN(c2ncnc3sccc23)CC1)C1CCNCC1. The summed E-state index contributed by atoms with van der Waals surface area (Å²) >= 11 is 1.64. The molecule has 0 spiro atoms. The van der Waals surface area contributed by atoms with E-state index in [1.54, 1.807) is 17.7 Å². The highest BCUT2D eigenvalue weighted by Crippen LogP contribution is 2.28. The smallest absolute Gasteiger partial charge is 0.222 e. The first-order chi connectivity index (χ1) is 12.7. The topological polar surface area (TPSA) is 61.4 Å². The first kappa shape index (κ1) is 17.7. The van der Waals surface area contributed by atoms with Gasteiger partial charge in [0.1, 0.15) is 17.0 Å². The van der Waals surface area contributed by atoms with E-state index in [9.17, 15) is 4.79 Å². The molecule has 140 valence electrons. The molecule has 4 rings (SSSR count). The maximum absolute atomic E-state index is 12.7. The van der Waals surface area contributed by atoms with Crippen molar-refractivity contribution >= 4 is 33.3 Å². The summed E-state index contributed by atoms with van der Waals surface area (Å²) in [6, 6.07) is 2.09. The number of rotatable bonds is 4. The molecule has 0 aromatic carbocycles. The van der Waals surface area contributed by atoms with Gasteiger partial charge >= 0.3 is 0 Å².